The van der Waals surface area contributed by atoms with Gasteiger partial charge in [-0.25, -0.2) is 0 Å². The van der Waals surface area contributed by atoms with E-state index in [-0.39, 0.29) is 0 Å². The molecule has 0 bridgehead atoms. The number of alkyl halides is 1. The quantitative estimate of drug-likeness (QED) is 0.668. The highest BCUT2D eigenvalue weighted by Crippen LogP contribution is 2.51. The summed E-state index contributed by atoms with van der Waals surface area (Å²) in [6, 6.07) is 8.90. The lowest BCUT2D eigenvalue weighted by Gasteiger charge is -2.20. The van der Waals surface area contributed by atoms with Crippen molar-refractivity contribution in [1.29, 1.82) is 0 Å². The van der Waals surface area contributed by atoms with Gasteiger partial charge in [0, 0.05) is 4.83 Å². The summed E-state index contributed by atoms with van der Waals surface area (Å²) in [5.41, 5.74) is 3.08. The van der Waals surface area contributed by atoms with E-state index in [4.69, 9.17) is 0 Å². The lowest BCUT2D eigenvalue weighted by atomic mass is 9.86. The van der Waals surface area contributed by atoms with Crippen LogP contribution in [0, 0.1) is 11.8 Å². The minimum Gasteiger partial charge on any atom is -0.0836 e. The number of benzene rings is 1. The molecule has 0 fully saturated rings. The summed E-state index contributed by atoms with van der Waals surface area (Å²) in [7, 11) is 0. The molecule has 82 valence electrons. The minimum absolute atomic E-state index is 0.553. The Morgan fingerprint density at radius 2 is 1.80 bits per heavy atom. The normalized spacial score (nSPS) is 29.5. The Labute approximate surface area is 101 Å². The summed E-state index contributed by atoms with van der Waals surface area (Å²) in [6.07, 6.45) is 1.31. The summed E-state index contributed by atoms with van der Waals surface area (Å²) in [5.74, 6) is 2.25. The van der Waals surface area contributed by atoms with Crippen LogP contribution in [0.15, 0.2) is 24.3 Å². The molecule has 0 heterocycles. The summed E-state index contributed by atoms with van der Waals surface area (Å²) in [5, 5.41) is 0. The third kappa shape index (κ3) is 1.99. The number of hydrogen-bond acceptors (Lipinski definition) is 0. The second-order valence-electron chi connectivity index (χ2n) is 5.13. The van der Waals surface area contributed by atoms with Gasteiger partial charge in [-0.2, -0.15) is 0 Å². The molecular formula is C14H19Br. The van der Waals surface area contributed by atoms with Gasteiger partial charge < -0.3 is 0 Å². The molecule has 0 saturated heterocycles. The summed E-state index contributed by atoms with van der Waals surface area (Å²) >= 11 is 3.83. The van der Waals surface area contributed by atoms with Gasteiger partial charge in [0.15, 0.2) is 0 Å². The standard InChI is InChI=1S/C14H19Br/c1-9(2)8-13-10(3)14(15)12-7-5-4-6-11(12)13/h4-7,9-10,13-14H,8H2,1-3H3. The van der Waals surface area contributed by atoms with Crippen molar-refractivity contribution in [2.75, 3.05) is 0 Å². The van der Waals surface area contributed by atoms with Gasteiger partial charge >= 0.3 is 0 Å². The second-order valence-corrected chi connectivity index (χ2v) is 6.11. The molecule has 0 N–H and O–H groups in total. The first-order valence-corrected chi connectivity index (χ1v) is 6.75. The maximum Gasteiger partial charge on any atom is 0.0429 e. The minimum atomic E-state index is 0.553. The van der Waals surface area contributed by atoms with Crippen molar-refractivity contribution in [2.45, 2.75) is 37.9 Å². The van der Waals surface area contributed by atoms with Crippen LogP contribution < -0.4 is 0 Å². The third-order valence-electron chi connectivity index (χ3n) is 3.51. The molecular weight excluding hydrogens is 248 g/mol. The molecule has 0 amide bonds. The number of hydrogen-bond donors (Lipinski definition) is 0. The van der Waals surface area contributed by atoms with Crippen molar-refractivity contribution in [3.63, 3.8) is 0 Å². The van der Waals surface area contributed by atoms with E-state index in [1.54, 1.807) is 5.56 Å². The average molecular weight is 267 g/mol. The molecule has 1 aliphatic rings. The maximum atomic E-state index is 3.83. The zero-order valence-electron chi connectivity index (χ0n) is 9.70. The van der Waals surface area contributed by atoms with E-state index < -0.39 is 0 Å². The van der Waals surface area contributed by atoms with Crippen LogP contribution in [0.1, 0.15) is 49.1 Å². The van der Waals surface area contributed by atoms with Crippen LogP contribution in [0.4, 0.5) is 0 Å². The van der Waals surface area contributed by atoms with Crippen molar-refractivity contribution in [2.24, 2.45) is 11.8 Å². The van der Waals surface area contributed by atoms with E-state index in [2.05, 4.69) is 61.0 Å². The van der Waals surface area contributed by atoms with Gasteiger partial charge in [-0.05, 0) is 35.3 Å². The summed E-state index contributed by atoms with van der Waals surface area (Å²) < 4.78 is 0. The highest BCUT2D eigenvalue weighted by molar-refractivity contribution is 9.09. The van der Waals surface area contributed by atoms with E-state index >= 15 is 0 Å². The molecule has 0 radical (unpaired) electrons. The lowest BCUT2D eigenvalue weighted by molar-refractivity contribution is 0.410. The van der Waals surface area contributed by atoms with Crippen molar-refractivity contribution >= 4 is 15.9 Å². The van der Waals surface area contributed by atoms with Gasteiger partial charge in [0.2, 0.25) is 0 Å². The van der Waals surface area contributed by atoms with Gasteiger partial charge in [0.25, 0.3) is 0 Å². The SMILES string of the molecule is CC(C)CC1c2ccccc2C(Br)C1C. The third-order valence-corrected chi connectivity index (χ3v) is 4.84. The van der Waals surface area contributed by atoms with Crippen LogP contribution in [-0.4, -0.2) is 0 Å². The Kier molecular flexibility index (Phi) is 3.20. The highest BCUT2D eigenvalue weighted by atomic mass is 79.9. The van der Waals surface area contributed by atoms with Crippen LogP contribution >= 0.6 is 15.9 Å². The van der Waals surface area contributed by atoms with E-state index in [1.807, 2.05) is 0 Å². The molecule has 1 heteroatoms. The Morgan fingerprint density at radius 3 is 2.40 bits per heavy atom. The topological polar surface area (TPSA) is 0 Å². The largest absolute Gasteiger partial charge is 0.0836 e. The first-order chi connectivity index (χ1) is 7.11. The van der Waals surface area contributed by atoms with Crippen LogP contribution in [0.3, 0.4) is 0 Å². The average Bonchev–Trinajstić information content (AvgIpc) is 2.44. The number of halogens is 1. The molecule has 0 aliphatic heterocycles. The van der Waals surface area contributed by atoms with Crippen LogP contribution in [0.5, 0.6) is 0 Å². The van der Waals surface area contributed by atoms with E-state index in [1.165, 1.54) is 12.0 Å². The van der Waals surface area contributed by atoms with Gasteiger partial charge in [0.05, 0.1) is 0 Å². The molecule has 0 aromatic heterocycles. The molecule has 0 nitrogen and oxygen atoms in total. The monoisotopic (exact) mass is 266 g/mol. The Morgan fingerprint density at radius 1 is 1.20 bits per heavy atom. The van der Waals surface area contributed by atoms with E-state index in [0.717, 1.165) is 17.8 Å². The van der Waals surface area contributed by atoms with Crippen molar-refractivity contribution < 1.29 is 0 Å². The van der Waals surface area contributed by atoms with Gasteiger partial charge in [-0.1, -0.05) is 61.0 Å². The molecule has 15 heavy (non-hydrogen) atoms. The Bertz CT molecular complexity index is 343. The maximum absolute atomic E-state index is 3.83. The van der Waals surface area contributed by atoms with Crippen molar-refractivity contribution in [3.8, 4) is 0 Å². The van der Waals surface area contributed by atoms with Crippen molar-refractivity contribution in [3.05, 3.63) is 35.4 Å². The molecule has 2 rings (SSSR count). The number of rotatable bonds is 2. The van der Waals surface area contributed by atoms with E-state index in [0.29, 0.717) is 4.83 Å². The first-order valence-electron chi connectivity index (χ1n) is 5.84. The zero-order valence-corrected chi connectivity index (χ0v) is 11.3. The fourth-order valence-electron chi connectivity index (χ4n) is 2.72. The van der Waals surface area contributed by atoms with Gasteiger partial charge in [-0.15, -0.1) is 0 Å². The number of fused-ring (bicyclic) bond motifs is 1. The smallest absolute Gasteiger partial charge is 0.0429 e. The van der Waals surface area contributed by atoms with Gasteiger partial charge in [0.1, 0.15) is 0 Å². The van der Waals surface area contributed by atoms with Crippen LogP contribution in [0.2, 0.25) is 0 Å². The van der Waals surface area contributed by atoms with Crippen LogP contribution in [-0.2, 0) is 0 Å². The van der Waals surface area contributed by atoms with E-state index in [9.17, 15) is 0 Å². The molecule has 1 aromatic carbocycles. The first kappa shape index (κ1) is 11.2. The summed E-state index contributed by atoms with van der Waals surface area (Å²) in [6.45, 7) is 7.00. The fraction of sp³-hybridized carbons (Fsp3) is 0.571. The predicted octanol–water partition coefficient (Wildman–Crippen LogP) is 4.90. The van der Waals surface area contributed by atoms with Gasteiger partial charge in [-0.3, -0.25) is 0 Å². The van der Waals surface area contributed by atoms with Crippen LogP contribution in [0.25, 0.3) is 0 Å². The Balaban J connectivity index is 2.33. The lowest BCUT2D eigenvalue weighted by Crippen LogP contribution is -2.07. The molecule has 1 aliphatic carbocycles. The van der Waals surface area contributed by atoms with Crippen molar-refractivity contribution in [1.82, 2.24) is 0 Å². The predicted molar refractivity (Wildman–Crippen MR) is 69.5 cm³/mol. The second kappa shape index (κ2) is 4.29. The highest BCUT2D eigenvalue weighted by Gasteiger charge is 2.35. The molecule has 0 saturated carbocycles. The zero-order chi connectivity index (χ0) is 11.0. The molecule has 3 unspecified atom stereocenters. The summed E-state index contributed by atoms with van der Waals surface area (Å²) in [4.78, 5) is 0.553. The Hall–Kier alpha value is -0.300. The molecule has 3 atom stereocenters. The fourth-order valence-corrected chi connectivity index (χ4v) is 3.50. The molecule has 0 spiro atoms. The molecule has 1 aromatic rings.